The number of para-hydroxylation sites is 2. The molecule has 0 saturated heterocycles. The lowest BCUT2D eigenvalue weighted by Crippen LogP contribution is -2.01. The average Bonchev–Trinajstić information content (AvgIpc) is 2.86. The van der Waals surface area contributed by atoms with Gasteiger partial charge in [0.15, 0.2) is 0 Å². The van der Waals surface area contributed by atoms with Crippen LogP contribution >= 0.6 is 0 Å². The molecule has 0 amide bonds. The van der Waals surface area contributed by atoms with E-state index in [2.05, 4.69) is 5.32 Å². The molecule has 1 heterocycles. The number of hydrogen-bond acceptors (Lipinski definition) is 4. The maximum Gasteiger partial charge on any atom is 0.203 e. The average molecular weight is 242 g/mol. The van der Waals surface area contributed by atoms with Gasteiger partial charge in [-0.1, -0.05) is 12.1 Å². The van der Waals surface area contributed by atoms with Crippen molar-refractivity contribution in [1.29, 1.82) is 5.26 Å². The molecule has 1 aromatic carbocycles. The summed E-state index contributed by atoms with van der Waals surface area (Å²) in [6, 6.07) is 13.1. The molecule has 0 aliphatic carbocycles. The van der Waals surface area contributed by atoms with Crippen LogP contribution in [-0.2, 0) is 6.54 Å². The molecule has 0 bridgehead atoms. The Kier molecular flexibility index (Phi) is 3.87. The van der Waals surface area contributed by atoms with Crippen LogP contribution in [0.25, 0.3) is 0 Å². The minimum absolute atomic E-state index is 0.324. The fourth-order valence-corrected chi connectivity index (χ4v) is 1.61. The van der Waals surface area contributed by atoms with Gasteiger partial charge in [-0.2, -0.15) is 5.26 Å². The number of benzene rings is 1. The Morgan fingerprint density at radius 2 is 2.11 bits per heavy atom. The summed E-state index contributed by atoms with van der Waals surface area (Å²) in [6.45, 7) is 3.09. The van der Waals surface area contributed by atoms with E-state index in [0.717, 1.165) is 17.2 Å². The zero-order valence-corrected chi connectivity index (χ0v) is 10.1. The van der Waals surface area contributed by atoms with E-state index >= 15 is 0 Å². The molecule has 0 aliphatic rings. The SMILES string of the molecule is CCOc1ccccc1NCc1ccc(C#N)o1. The van der Waals surface area contributed by atoms with Gasteiger partial charge in [-0.25, -0.2) is 0 Å². The third-order valence-electron chi connectivity index (χ3n) is 2.41. The first-order valence-corrected chi connectivity index (χ1v) is 5.78. The van der Waals surface area contributed by atoms with E-state index in [1.54, 1.807) is 12.1 Å². The topological polar surface area (TPSA) is 58.2 Å². The van der Waals surface area contributed by atoms with Crippen molar-refractivity contribution in [3.63, 3.8) is 0 Å². The van der Waals surface area contributed by atoms with Gasteiger partial charge in [0, 0.05) is 0 Å². The Balaban J connectivity index is 2.03. The van der Waals surface area contributed by atoms with Crippen molar-refractivity contribution in [1.82, 2.24) is 0 Å². The molecule has 0 spiro atoms. The maximum atomic E-state index is 8.67. The highest BCUT2D eigenvalue weighted by Gasteiger charge is 2.04. The van der Waals surface area contributed by atoms with Gasteiger partial charge in [-0.3, -0.25) is 0 Å². The van der Waals surface area contributed by atoms with Crippen LogP contribution in [0.15, 0.2) is 40.8 Å². The zero-order valence-electron chi connectivity index (χ0n) is 10.1. The van der Waals surface area contributed by atoms with Crippen molar-refractivity contribution in [3.8, 4) is 11.8 Å². The first-order chi connectivity index (χ1) is 8.83. The quantitative estimate of drug-likeness (QED) is 0.874. The number of anilines is 1. The van der Waals surface area contributed by atoms with Gasteiger partial charge in [0.2, 0.25) is 5.76 Å². The third-order valence-corrected chi connectivity index (χ3v) is 2.41. The largest absolute Gasteiger partial charge is 0.492 e. The summed E-state index contributed by atoms with van der Waals surface area (Å²) in [7, 11) is 0. The van der Waals surface area contributed by atoms with Crippen molar-refractivity contribution >= 4 is 5.69 Å². The summed E-state index contributed by atoms with van der Waals surface area (Å²) in [5, 5.41) is 11.9. The normalized spacial score (nSPS) is 9.78. The second kappa shape index (κ2) is 5.78. The lowest BCUT2D eigenvalue weighted by molar-refractivity contribution is 0.341. The molecule has 0 aliphatic heterocycles. The highest BCUT2D eigenvalue weighted by atomic mass is 16.5. The fourth-order valence-electron chi connectivity index (χ4n) is 1.61. The first kappa shape index (κ1) is 12.1. The minimum atomic E-state index is 0.324. The fraction of sp³-hybridized carbons (Fsp3) is 0.214. The van der Waals surface area contributed by atoms with Gasteiger partial charge in [0.1, 0.15) is 17.6 Å². The molecular weight excluding hydrogens is 228 g/mol. The van der Waals surface area contributed by atoms with E-state index in [4.69, 9.17) is 14.4 Å². The molecule has 18 heavy (non-hydrogen) atoms. The summed E-state index contributed by atoms with van der Waals surface area (Å²) >= 11 is 0. The number of ether oxygens (including phenoxy) is 1. The first-order valence-electron chi connectivity index (χ1n) is 5.78. The smallest absolute Gasteiger partial charge is 0.203 e. The molecule has 1 N–H and O–H groups in total. The van der Waals surface area contributed by atoms with Gasteiger partial charge < -0.3 is 14.5 Å². The molecule has 0 atom stereocenters. The number of furan rings is 1. The monoisotopic (exact) mass is 242 g/mol. The Morgan fingerprint density at radius 3 is 2.83 bits per heavy atom. The van der Waals surface area contributed by atoms with Crippen LogP contribution in [-0.4, -0.2) is 6.61 Å². The summed E-state index contributed by atoms with van der Waals surface area (Å²) in [5.74, 6) is 1.86. The van der Waals surface area contributed by atoms with E-state index in [0.29, 0.717) is 18.9 Å². The molecule has 2 aromatic rings. The highest BCUT2D eigenvalue weighted by molar-refractivity contribution is 5.56. The van der Waals surface area contributed by atoms with Crippen molar-refractivity contribution in [2.45, 2.75) is 13.5 Å². The number of rotatable bonds is 5. The van der Waals surface area contributed by atoms with Crippen LogP contribution < -0.4 is 10.1 Å². The van der Waals surface area contributed by atoms with Gasteiger partial charge in [-0.15, -0.1) is 0 Å². The van der Waals surface area contributed by atoms with E-state index in [1.807, 2.05) is 37.3 Å². The van der Waals surface area contributed by atoms with Crippen LogP contribution in [0.5, 0.6) is 5.75 Å². The summed E-state index contributed by atoms with van der Waals surface area (Å²) in [6.07, 6.45) is 0. The Morgan fingerprint density at radius 1 is 1.28 bits per heavy atom. The summed E-state index contributed by atoms with van der Waals surface area (Å²) in [4.78, 5) is 0. The number of nitrogens with one attached hydrogen (secondary N) is 1. The van der Waals surface area contributed by atoms with Gasteiger partial charge >= 0.3 is 0 Å². The Labute approximate surface area is 106 Å². The molecule has 4 heteroatoms. The second-order valence-corrected chi connectivity index (χ2v) is 3.66. The van der Waals surface area contributed by atoms with Gasteiger partial charge in [0.05, 0.1) is 18.8 Å². The standard InChI is InChI=1S/C14H14N2O2/c1-2-17-14-6-4-3-5-13(14)16-10-12-8-7-11(9-15)18-12/h3-8,16H,2,10H2,1H3. The number of nitriles is 1. The number of nitrogens with zero attached hydrogens (tertiary/aromatic N) is 1. The van der Waals surface area contributed by atoms with Crippen LogP contribution in [0.2, 0.25) is 0 Å². The van der Waals surface area contributed by atoms with Crippen molar-refractivity contribution in [2.75, 3.05) is 11.9 Å². The van der Waals surface area contributed by atoms with Crippen molar-refractivity contribution < 1.29 is 9.15 Å². The van der Waals surface area contributed by atoms with Crippen LogP contribution in [0.1, 0.15) is 18.4 Å². The predicted octanol–water partition coefficient (Wildman–Crippen LogP) is 3.16. The van der Waals surface area contributed by atoms with E-state index in [1.165, 1.54) is 0 Å². The molecule has 4 nitrogen and oxygen atoms in total. The third kappa shape index (κ3) is 2.83. The predicted molar refractivity (Wildman–Crippen MR) is 68.4 cm³/mol. The number of hydrogen-bond donors (Lipinski definition) is 1. The van der Waals surface area contributed by atoms with Crippen molar-refractivity contribution in [2.24, 2.45) is 0 Å². The Hall–Kier alpha value is -2.41. The van der Waals surface area contributed by atoms with Crippen LogP contribution in [0, 0.1) is 11.3 Å². The summed E-state index contributed by atoms with van der Waals surface area (Å²) in [5.41, 5.74) is 0.911. The van der Waals surface area contributed by atoms with Crippen LogP contribution in [0.4, 0.5) is 5.69 Å². The molecule has 2 rings (SSSR count). The molecule has 0 radical (unpaired) electrons. The molecule has 1 aromatic heterocycles. The molecule has 0 unspecified atom stereocenters. The zero-order chi connectivity index (χ0) is 12.8. The molecular formula is C14H14N2O2. The maximum absolute atomic E-state index is 8.67. The molecule has 0 saturated carbocycles. The Bertz CT molecular complexity index is 555. The van der Waals surface area contributed by atoms with Gasteiger partial charge in [0.25, 0.3) is 0 Å². The van der Waals surface area contributed by atoms with Crippen molar-refractivity contribution in [3.05, 3.63) is 47.9 Å². The van der Waals surface area contributed by atoms with Gasteiger partial charge in [-0.05, 0) is 31.2 Å². The van der Waals surface area contributed by atoms with Crippen LogP contribution in [0.3, 0.4) is 0 Å². The molecule has 92 valence electrons. The highest BCUT2D eigenvalue weighted by Crippen LogP contribution is 2.24. The van der Waals surface area contributed by atoms with E-state index in [9.17, 15) is 0 Å². The lowest BCUT2D eigenvalue weighted by Gasteiger charge is -2.10. The molecule has 0 fully saturated rings. The van der Waals surface area contributed by atoms with E-state index in [-0.39, 0.29) is 0 Å². The summed E-state index contributed by atoms with van der Waals surface area (Å²) < 4.78 is 10.8. The second-order valence-electron chi connectivity index (χ2n) is 3.66. The minimum Gasteiger partial charge on any atom is -0.492 e. The van der Waals surface area contributed by atoms with E-state index < -0.39 is 0 Å². The lowest BCUT2D eigenvalue weighted by atomic mass is 10.3.